The Kier molecular flexibility index (Phi) is 24.3. The molecule has 3 amide bonds. The van der Waals surface area contributed by atoms with Gasteiger partial charge in [0.1, 0.15) is 34.8 Å². The molecule has 7 rings (SSSR count). The van der Waals surface area contributed by atoms with Gasteiger partial charge in [0, 0.05) is 32.5 Å². The number of fused-ring (bicyclic) bond motifs is 1. The van der Waals surface area contributed by atoms with Crippen LogP contribution in [0, 0.1) is 39.5 Å². The Morgan fingerprint density at radius 2 is 1.35 bits per heavy atom. The minimum Gasteiger partial charge on any atom is -0.487 e. The highest BCUT2D eigenvalue weighted by atomic mass is 32.2. The van der Waals surface area contributed by atoms with Crippen LogP contribution in [0.5, 0.6) is 5.75 Å². The smallest absolute Gasteiger partial charge is 0.309 e. The number of esters is 1. The molecule has 0 saturated carbocycles. The molecule has 5 unspecified atom stereocenters. The molecule has 4 aromatic carbocycles. The number of nitrogens with zero attached hydrogens (tertiary/aromatic N) is 3. The number of guanidine groups is 1. The third-order valence-corrected chi connectivity index (χ3v) is 19.7. The first-order chi connectivity index (χ1) is 43.3. The van der Waals surface area contributed by atoms with Crippen LogP contribution in [0.25, 0.3) is 0 Å². The maximum absolute atomic E-state index is 15.3. The summed E-state index contributed by atoms with van der Waals surface area (Å²) in [6.45, 7) is 24.7. The van der Waals surface area contributed by atoms with Crippen LogP contribution < -0.4 is 31.6 Å². The number of rotatable bonds is 28. The molecule has 502 valence electrons. The lowest BCUT2D eigenvalue weighted by molar-refractivity contribution is -0.161. The minimum absolute atomic E-state index is 0.0251. The normalized spacial score (nSPS) is 18.3. The van der Waals surface area contributed by atoms with E-state index in [1.165, 1.54) is 4.90 Å². The zero-order valence-corrected chi connectivity index (χ0v) is 57.5. The number of hydrogen-bond acceptors (Lipinski definition) is 14. The van der Waals surface area contributed by atoms with Gasteiger partial charge in [-0.2, -0.15) is 0 Å². The lowest BCUT2D eigenvalue weighted by Crippen LogP contribution is -2.56. The SMILES string of the molecule is Cc1ccc(C(NCCCCC(NC(=O)C(CC(=O)CN)[C@H](C)OC(C)(C)C)C(=O)N2CCCC2C(=O)N2CCCC2C(=O)CC(CCCN=C(N)NS(=O)(=O)c2c(C)c(C)c3c(c2C)CCC(C)(C)O3)C(=O)OC(C)(C)C)(c2ccccc2)c2ccccc2)cc1. The fraction of sp³-hybridized carbons (Fsp3) is 0.569. The van der Waals surface area contributed by atoms with E-state index in [0.717, 1.165) is 39.8 Å². The highest BCUT2D eigenvalue weighted by Crippen LogP contribution is 2.43. The second-order valence-electron chi connectivity index (χ2n) is 28.0. The lowest BCUT2D eigenvalue weighted by Gasteiger charge is -2.37. The van der Waals surface area contributed by atoms with E-state index in [2.05, 4.69) is 75.8 Å². The third-order valence-electron chi connectivity index (χ3n) is 18.0. The summed E-state index contributed by atoms with van der Waals surface area (Å²) in [7, 11) is -4.18. The number of ether oxygens (including phenoxy) is 3. The topological polar surface area (TPSA) is 271 Å². The monoisotopic (exact) mass is 1290 g/mol. The van der Waals surface area contributed by atoms with E-state index in [9.17, 15) is 27.6 Å². The van der Waals surface area contributed by atoms with Gasteiger partial charge in [0.05, 0.1) is 46.6 Å². The van der Waals surface area contributed by atoms with Gasteiger partial charge in [0.25, 0.3) is 10.0 Å². The van der Waals surface area contributed by atoms with E-state index in [0.29, 0.717) is 68.4 Å². The zero-order chi connectivity index (χ0) is 67.5. The van der Waals surface area contributed by atoms with Gasteiger partial charge in [-0.1, -0.05) is 90.5 Å². The fourth-order valence-corrected chi connectivity index (χ4v) is 14.9. The van der Waals surface area contributed by atoms with E-state index < -0.39 is 80.6 Å². The van der Waals surface area contributed by atoms with Crippen molar-refractivity contribution in [2.75, 3.05) is 32.7 Å². The van der Waals surface area contributed by atoms with Gasteiger partial charge < -0.3 is 40.8 Å². The van der Waals surface area contributed by atoms with E-state index in [1.807, 2.05) is 77.9 Å². The summed E-state index contributed by atoms with van der Waals surface area (Å²) in [6, 6.07) is 26.1. The van der Waals surface area contributed by atoms with Crippen LogP contribution in [-0.4, -0.2) is 133 Å². The first-order valence-corrected chi connectivity index (χ1v) is 34.4. The molecule has 0 aromatic heterocycles. The molecule has 19 nitrogen and oxygen atoms in total. The number of aliphatic imine (C=N–C) groups is 1. The molecule has 6 atom stereocenters. The van der Waals surface area contributed by atoms with Gasteiger partial charge in [0.15, 0.2) is 5.78 Å². The van der Waals surface area contributed by atoms with Crippen molar-refractivity contribution in [3.63, 3.8) is 0 Å². The number of benzene rings is 4. The Bertz CT molecular complexity index is 3360. The quantitative estimate of drug-likeness (QED) is 0.0117. The van der Waals surface area contributed by atoms with Crippen molar-refractivity contribution in [3.05, 3.63) is 129 Å². The largest absolute Gasteiger partial charge is 0.487 e. The molecule has 3 aliphatic heterocycles. The molecule has 20 heteroatoms. The highest BCUT2D eigenvalue weighted by molar-refractivity contribution is 7.90. The number of likely N-dealkylation sites (tertiary alicyclic amines) is 2. The highest BCUT2D eigenvalue weighted by Gasteiger charge is 2.45. The van der Waals surface area contributed by atoms with E-state index in [1.54, 1.807) is 46.4 Å². The molecule has 0 spiro atoms. The van der Waals surface area contributed by atoms with Crippen LogP contribution in [0.3, 0.4) is 0 Å². The second-order valence-corrected chi connectivity index (χ2v) is 29.6. The average molecular weight is 1290 g/mol. The Balaban J connectivity index is 1.07. The maximum Gasteiger partial charge on any atom is 0.309 e. The number of ketones is 2. The number of carbonyl (C=O) groups excluding carboxylic acids is 6. The Morgan fingerprint density at radius 1 is 0.750 bits per heavy atom. The summed E-state index contributed by atoms with van der Waals surface area (Å²) in [6.07, 6.45) is 3.57. The summed E-state index contributed by atoms with van der Waals surface area (Å²) in [4.78, 5) is 94.1. The van der Waals surface area contributed by atoms with Crippen molar-refractivity contribution >= 4 is 51.2 Å². The molecule has 7 N–H and O–H groups in total. The number of carbonyl (C=O) groups is 6. The molecule has 0 aliphatic carbocycles. The van der Waals surface area contributed by atoms with Gasteiger partial charge in [-0.25, -0.2) is 13.1 Å². The van der Waals surface area contributed by atoms with Crippen LogP contribution in [-0.2, 0) is 60.2 Å². The van der Waals surface area contributed by atoms with Crippen LogP contribution in [0.15, 0.2) is 94.8 Å². The first kappa shape index (κ1) is 72.4. The predicted molar refractivity (Wildman–Crippen MR) is 358 cm³/mol. The van der Waals surface area contributed by atoms with E-state index in [4.69, 9.17) is 25.7 Å². The van der Waals surface area contributed by atoms with Crippen molar-refractivity contribution < 1.29 is 51.4 Å². The second kappa shape index (κ2) is 30.8. The summed E-state index contributed by atoms with van der Waals surface area (Å²) < 4.78 is 48.8. The van der Waals surface area contributed by atoms with E-state index in [-0.39, 0.29) is 92.2 Å². The minimum atomic E-state index is -4.18. The number of aryl methyl sites for hydroxylation is 1. The molecular formula is C72H102N8O11S. The third kappa shape index (κ3) is 18.2. The number of nitrogens with one attached hydrogen (secondary N) is 3. The van der Waals surface area contributed by atoms with Gasteiger partial charge >= 0.3 is 5.97 Å². The number of unbranched alkanes of at least 4 members (excludes halogenated alkanes) is 1. The van der Waals surface area contributed by atoms with Crippen LogP contribution in [0.4, 0.5) is 0 Å². The first-order valence-electron chi connectivity index (χ1n) is 32.9. The van der Waals surface area contributed by atoms with Crippen LogP contribution in [0.1, 0.15) is 184 Å². The molecule has 4 aromatic rings. The number of hydrogen-bond donors (Lipinski definition) is 5. The summed E-state index contributed by atoms with van der Waals surface area (Å²) in [5.41, 5.74) is 16.4. The molecule has 0 radical (unpaired) electrons. The number of sulfonamides is 1. The fourth-order valence-electron chi connectivity index (χ4n) is 13.3. The van der Waals surface area contributed by atoms with Crippen molar-refractivity contribution in [1.29, 1.82) is 0 Å². The Morgan fingerprint density at radius 3 is 1.95 bits per heavy atom. The predicted octanol–water partition coefficient (Wildman–Crippen LogP) is 9.27. The maximum atomic E-state index is 15.3. The van der Waals surface area contributed by atoms with Crippen LogP contribution in [0.2, 0.25) is 0 Å². The van der Waals surface area contributed by atoms with Crippen molar-refractivity contribution in [2.45, 2.75) is 225 Å². The number of nitrogens with two attached hydrogens (primary N) is 2. The van der Waals surface area contributed by atoms with Crippen molar-refractivity contribution in [3.8, 4) is 5.75 Å². The molecule has 2 saturated heterocycles. The van der Waals surface area contributed by atoms with Crippen LogP contribution >= 0.6 is 0 Å². The number of amides is 3. The molecule has 0 bridgehead atoms. The zero-order valence-electron chi connectivity index (χ0n) is 56.7. The molecule has 3 aliphatic rings. The van der Waals surface area contributed by atoms with Gasteiger partial charge in [-0.05, 0) is 206 Å². The molecule has 92 heavy (non-hydrogen) atoms. The lowest BCUT2D eigenvalue weighted by atomic mass is 9.76. The van der Waals surface area contributed by atoms with E-state index >= 15 is 9.59 Å². The van der Waals surface area contributed by atoms with Crippen molar-refractivity contribution in [2.24, 2.45) is 28.3 Å². The molecule has 2 fully saturated rings. The number of Topliss-reactive ketones (excluding diaryl/α,β-unsaturated/α-hetero) is 2. The van der Waals surface area contributed by atoms with Gasteiger partial charge in [-0.15, -0.1) is 0 Å². The Labute approximate surface area is 546 Å². The average Bonchev–Trinajstić information content (AvgIpc) is 0.952. The van der Waals surface area contributed by atoms with Gasteiger partial charge in [-0.3, -0.25) is 39.1 Å². The summed E-state index contributed by atoms with van der Waals surface area (Å²) in [5.74, 6) is -4.15. The Hall–Kier alpha value is -7.00. The van der Waals surface area contributed by atoms with Gasteiger partial charge in [0.2, 0.25) is 23.7 Å². The standard InChI is InChI=1S/C72H102N8O11S/c1-46-33-35-54(36-34-46)72(52-26-16-14-17-27-52,53-28-18-15-19-29-53)76-40-21-20-30-58(77-64(83)57(44-55(81)45-73)50(5)89-69(6,7)8)65(84)80-42-24-32-60(80)66(85)79-41-23-31-59(79)61(82)43-51(67(86)91-70(9,10)11)25-22-39-75-68(74)78-92(87,88)63-48(3)47(2)62-56(49(63)4)37-38-71(12,13)90-62/h14-19,26-29,33-36,50-51,57-60,76H,20-25,30-32,37-45,73H2,1-13H3,(H,77,83)(H3,74,75,78)/t50-,51?,57?,58?,59?,60?/m0/s1. The molecule has 3 heterocycles. The summed E-state index contributed by atoms with van der Waals surface area (Å²) in [5, 5.41) is 6.98. The van der Waals surface area contributed by atoms with Crippen molar-refractivity contribution in [1.82, 2.24) is 25.2 Å². The molecular weight excluding hydrogens is 1180 g/mol. The summed E-state index contributed by atoms with van der Waals surface area (Å²) >= 11 is 0.